The molecule has 0 radical (unpaired) electrons. The third-order valence-electron chi connectivity index (χ3n) is 3.46. The minimum atomic E-state index is -0.0167. The normalized spacial score (nSPS) is 17.1. The highest BCUT2D eigenvalue weighted by Crippen LogP contribution is 2.15. The molecule has 2 amide bonds. The molecule has 1 fully saturated rings. The van der Waals surface area contributed by atoms with Gasteiger partial charge in [-0.25, -0.2) is 0 Å². The van der Waals surface area contributed by atoms with Gasteiger partial charge in [-0.15, -0.1) is 0 Å². The number of carbonyl (C=O) groups is 2. The van der Waals surface area contributed by atoms with E-state index in [0.717, 1.165) is 13.1 Å². The van der Waals surface area contributed by atoms with Crippen molar-refractivity contribution in [2.24, 2.45) is 11.8 Å². The van der Waals surface area contributed by atoms with Crippen LogP contribution in [0.3, 0.4) is 0 Å². The number of amides is 2. The first-order valence-electron chi connectivity index (χ1n) is 6.36. The molecule has 17 heavy (non-hydrogen) atoms. The van der Waals surface area contributed by atoms with Crippen LogP contribution in [0.15, 0.2) is 0 Å². The largest absolute Gasteiger partial charge is 0.347 e. The lowest BCUT2D eigenvalue weighted by Gasteiger charge is -2.31. The monoisotopic (exact) mass is 241 g/mol. The molecule has 5 heteroatoms. The van der Waals surface area contributed by atoms with E-state index >= 15 is 0 Å². The number of rotatable bonds is 6. The molecule has 98 valence electrons. The first kappa shape index (κ1) is 14.0. The molecule has 1 atom stereocenters. The molecule has 1 heterocycles. The number of hydrogen-bond donors (Lipinski definition) is 2. The smallest absolute Gasteiger partial charge is 0.241 e. The van der Waals surface area contributed by atoms with Crippen molar-refractivity contribution in [2.75, 3.05) is 32.7 Å². The first-order valence-corrected chi connectivity index (χ1v) is 6.36. The van der Waals surface area contributed by atoms with Crippen molar-refractivity contribution in [3.8, 4) is 0 Å². The van der Waals surface area contributed by atoms with Crippen molar-refractivity contribution in [3.63, 3.8) is 0 Å². The SMILES string of the molecule is CCN(CC)C(=O)CNC(=O)C(C)C1CNC1. The Hall–Kier alpha value is -1.10. The maximum atomic E-state index is 11.8. The molecule has 0 bridgehead atoms. The Labute approximate surface area is 103 Å². The standard InChI is InChI=1S/C12H23N3O2/c1-4-15(5-2)11(16)8-14-12(17)9(3)10-6-13-7-10/h9-10,13H,4-8H2,1-3H3,(H,14,17). The van der Waals surface area contributed by atoms with E-state index < -0.39 is 0 Å². The topological polar surface area (TPSA) is 61.4 Å². The van der Waals surface area contributed by atoms with E-state index in [1.54, 1.807) is 4.90 Å². The molecule has 0 saturated carbocycles. The molecular weight excluding hydrogens is 218 g/mol. The number of likely N-dealkylation sites (N-methyl/N-ethyl adjacent to an activating group) is 1. The fourth-order valence-corrected chi connectivity index (χ4v) is 1.89. The molecule has 0 aromatic heterocycles. The average Bonchev–Trinajstić information content (AvgIpc) is 2.25. The van der Waals surface area contributed by atoms with Crippen LogP contribution in [0.4, 0.5) is 0 Å². The highest BCUT2D eigenvalue weighted by atomic mass is 16.2. The third kappa shape index (κ3) is 3.70. The summed E-state index contributed by atoms with van der Waals surface area (Å²) >= 11 is 0. The van der Waals surface area contributed by atoms with Crippen molar-refractivity contribution in [1.82, 2.24) is 15.5 Å². The minimum Gasteiger partial charge on any atom is -0.347 e. The fourth-order valence-electron chi connectivity index (χ4n) is 1.89. The summed E-state index contributed by atoms with van der Waals surface area (Å²) in [4.78, 5) is 25.2. The third-order valence-corrected chi connectivity index (χ3v) is 3.46. The lowest BCUT2D eigenvalue weighted by atomic mass is 9.88. The predicted octanol–water partition coefficient (Wildman–Crippen LogP) is -0.173. The number of nitrogens with one attached hydrogen (secondary N) is 2. The van der Waals surface area contributed by atoms with Gasteiger partial charge in [-0.3, -0.25) is 9.59 Å². The summed E-state index contributed by atoms with van der Waals surface area (Å²) in [6, 6.07) is 0. The molecule has 2 N–H and O–H groups in total. The van der Waals surface area contributed by atoms with Crippen molar-refractivity contribution in [2.45, 2.75) is 20.8 Å². The zero-order chi connectivity index (χ0) is 12.8. The van der Waals surface area contributed by atoms with Crippen LogP contribution in [-0.2, 0) is 9.59 Å². The summed E-state index contributed by atoms with van der Waals surface area (Å²) in [5.74, 6) is 0.374. The van der Waals surface area contributed by atoms with Crippen LogP contribution in [0.1, 0.15) is 20.8 Å². The molecule has 1 unspecified atom stereocenters. The number of nitrogens with zero attached hydrogens (tertiary/aromatic N) is 1. The molecule has 0 spiro atoms. The maximum absolute atomic E-state index is 11.8. The summed E-state index contributed by atoms with van der Waals surface area (Å²) in [7, 11) is 0. The van der Waals surface area contributed by atoms with E-state index in [0.29, 0.717) is 19.0 Å². The zero-order valence-electron chi connectivity index (χ0n) is 11.0. The summed E-state index contributed by atoms with van der Waals surface area (Å²) in [5, 5.41) is 5.87. The second-order valence-corrected chi connectivity index (χ2v) is 4.49. The van der Waals surface area contributed by atoms with Gasteiger partial charge in [0.2, 0.25) is 11.8 Å². The maximum Gasteiger partial charge on any atom is 0.241 e. The van der Waals surface area contributed by atoms with Crippen molar-refractivity contribution in [3.05, 3.63) is 0 Å². The van der Waals surface area contributed by atoms with Crippen molar-refractivity contribution in [1.29, 1.82) is 0 Å². The van der Waals surface area contributed by atoms with Gasteiger partial charge in [0.1, 0.15) is 0 Å². The van der Waals surface area contributed by atoms with Crippen LogP contribution in [0.2, 0.25) is 0 Å². The van der Waals surface area contributed by atoms with E-state index in [-0.39, 0.29) is 24.3 Å². The Morgan fingerprint density at radius 1 is 1.35 bits per heavy atom. The second-order valence-electron chi connectivity index (χ2n) is 4.49. The van der Waals surface area contributed by atoms with Gasteiger partial charge in [0.05, 0.1) is 6.54 Å². The number of hydrogen-bond acceptors (Lipinski definition) is 3. The van der Waals surface area contributed by atoms with Gasteiger partial charge in [-0.1, -0.05) is 6.92 Å². The molecule has 1 aliphatic rings. The van der Waals surface area contributed by atoms with Gasteiger partial charge < -0.3 is 15.5 Å². The van der Waals surface area contributed by atoms with Gasteiger partial charge >= 0.3 is 0 Å². The zero-order valence-corrected chi connectivity index (χ0v) is 11.0. The predicted molar refractivity (Wildman–Crippen MR) is 66.5 cm³/mol. The molecule has 0 aromatic rings. The quantitative estimate of drug-likeness (QED) is 0.678. The molecule has 0 aliphatic carbocycles. The first-order chi connectivity index (χ1) is 8.10. The van der Waals surface area contributed by atoms with E-state index in [1.807, 2.05) is 20.8 Å². The number of carbonyl (C=O) groups excluding carboxylic acids is 2. The molecular formula is C12H23N3O2. The Bertz CT molecular complexity index is 273. The van der Waals surface area contributed by atoms with Gasteiger partial charge in [0.15, 0.2) is 0 Å². The van der Waals surface area contributed by atoms with E-state index in [1.165, 1.54) is 0 Å². The van der Waals surface area contributed by atoms with Gasteiger partial charge in [0.25, 0.3) is 0 Å². The Kier molecular flexibility index (Phi) is 5.41. The van der Waals surface area contributed by atoms with Crippen molar-refractivity contribution < 1.29 is 9.59 Å². The Morgan fingerprint density at radius 3 is 2.35 bits per heavy atom. The molecule has 1 saturated heterocycles. The summed E-state index contributed by atoms with van der Waals surface area (Å²) in [6.45, 7) is 9.09. The summed E-state index contributed by atoms with van der Waals surface area (Å²) in [6.07, 6.45) is 0. The van der Waals surface area contributed by atoms with Crippen molar-refractivity contribution >= 4 is 11.8 Å². The fraction of sp³-hybridized carbons (Fsp3) is 0.833. The molecule has 1 aliphatic heterocycles. The summed E-state index contributed by atoms with van der Waals surface area (Å²) in [5.41, 5.74) is 0. The Balaban J connectivity index is 2.29. The van der Waals surface area contributed by atoms with Crippen LogP contribution < -0.4 is 10.6 Å². The minimum absolute atomic E-state index is 0.0118. The average molecular weight is 241 g/mol. The molecule has 5 nitrogen and oxygen atoms in total. The van der Waals surface area contributed by atoms with Crippen LogP contribution in [-0.4, -0.2) is 49.4 Å². The van der Waals surface area contributed by atoms with Crippen LogP contribution >= 0.6 is 0 Å². The van der Waals surface area contributed by atoms with Gasteiger partial charge in [-0.05, 0) is 32.9 Å². The summed E-state index contributed by atoms with van der Waals surface area (Å²) < 4.78 is 0. The van der Waals surface area contributed by atoms with Gasteiger partial charge in [-0.2, -0.15) is 0 Å². The highest BCUT2D eigenvalue weighted by Gasteiger charge is 2.28. The van der Waals surface area contributed by atoms with Crippen LogP contribution in [0, 0.1) is 11.8 Å². The molecule has 1 rings (SSSR count). The van der Waals surface area contributed by atoms with E-state index in [2.05, 4.69) is 10.6 Å². The second kappa shape index (κ2) is 6.59. The van der Waals surface area contributed by atoms with Crippen LogP contribution in [0.25, 0.3) is 0 Å². The lowest BCUT2D eigenvalue weighted by Crippen LogP contribution is -2.50. The van der Waals surface area contributed by atoms with E-state index in [4.69, 9.17) is 0 Å². The highest BCUT2D eigenvalue weighted by molar-refractivity contribution is 5.85. The van der Waals surface area contributed by atoms with Gasteiger partial charge in [0, 0.05) is 19.0 Å². The lowest BCUT2D eigenvalue weighted by molar-refractivity contribution is -0.134. The Morgan fingerprint density at radius 2 is 1.94 bits per heavy atom. The van der Waals surface area contributed by atoms with E-state index in [9.17, 15) is 9.59 Å². The van der Waals surface area contributed by atoms with Crippen LogP contribution in [0.5, 0.6) is 0 Å². The molecule has 0 aromatic carbocycles.